The molecule has 0 aliphatic carbocycles. The summed E-state index contributed by atoms with van der Waals surface area (Å²) in [6.45, 7) is 2.39. The molecule has 0 amide bonds. The molecule has 0 radical (unpaired) electrons. The van der Waals surface area contributed by atoms with Gasteiger partial charge in [-0.25, -0.2) is 4.98 Å². The molecule has 5 rings (SSSR count). The second-order valence-corrected chi connectivity index (χ2v) is 9.27. The van der Waals surface area contributed by atoms with Gasteiger partial charge in [-0.1, -0.05) is 73.5 Å². The Morgan fingerprint density at radius 3 is 2.54 bits per heavy atom. The molecule has 3 heterocycles. The molecule has 0 fully saturated rings. The van der Waals surface area contributed by atoms with Gasteiger partial charge in [-0.3, -0.25) is 9.59 Å². The van der Waals surface area contributed by atoms with Gasteiger partial charge in [-0.2, -0.15) is 9.94 Å². The van der Waals surface area contributed by atoms with Gasteiger partial charge in [0.25, 0.3) is 17.2 Å². The van der Waals surface area contributed by atoms with Crippen LogP contribution >= 0.6 is 11.6 Å². The van der Waals surface area contributed by atoms with Crippen molar-refractivity contribution in [3.8, 4) is 22.5 Å². The zero-order valence-corrected chi connectivity index (χ0v) is 21.8. The van der Waals surface area contributed by atoms with Gasteiger partial charge < -0.3 is 9.77 Å². The average molecular weight is 542 g/mol. The van der Waals surface area contributed by atoms with E-state index >= 15 is 0 Å². The van der Waals surface area contributed by atoms with Crippen LogP contribution in [0, 0.1) is 5.21 Å². The summed E-state index contributed by atoms with van der Waals surface area (Å²) in [6.07, 6.45) is 2.82. The van der Waals surface area contributed by atoms with E-state index in [2.05, 4.69) is 32.5 Å². The van der Waals surface area contributed by atoms with Gasteiger partial charge in [0.1, 0.15) is 11.5 Å². The van der Waals surface area contributed by atoms with Crippen LogP contribution in [0.3, 0.4) is 0 Å². The number of aromatic amines is 1. The van der Waals surface area contributed by atoms with Crippen molar-refractivity contribution in [2.45, 2.75) is 32.7 Å². The molecule has 5 aromatic rings. The summed E-state index contributed by atoms with van der Waals surface area (Å²) in [4.78, 5) is 29.3. The fourth-order valence-corrected chi connectivity index (χ4v) is 4.73. The number of aldehydes is 1. The highest BCUT2D eigenvalue weighted by Crippen LogP contribution is 2.30. The molecular weight excluding hydrogens is 518 g/mol. The molecule has 0 spiro atoms. The van der Waals surface area contributed by atoms with Gasteiger partial charge in [0.05, 0.1) is 0 Å². The number of H-pyrrole nitrogens is 1. The first-order chi connectivity index (χ1) is 19.0. The highest BCUT2D eigenvalue weighted by Gasteiger charge is 2.29. The summed E-state index contributed by atoms with van der Waals surface area (Å²) in [5.41, 5.74) is 3.42. The Labute approximate surface area is 228 Å². The monoisotopic (exact) mass is 541 g/mol. The number of aryl methyl sites for hydroxylation is 1. The molecule has 10 nitrogen and oxygen atoms in total. The number of hydrogen-bond donors (Lipinski definition) is 1. The predicted molar refractivity (Wildman–Crippen MR) is 144 cm³/mol. The Kier molecular flexibility index (Phi) is 7.55. The first kappa shape index (κ1) is 25.9. The van der Waals surface area contributed by atoms with Gasteiger partial charge in [0.15, 0.2) is 5.15 Å². The fraction of sp³-hybridized carbons (Fsp3) is 0.179. The molecule has 0 aliphatic rings. The van der Waals surface area contributed by atoms with Gasteiger partial charge in [-0.15, -0.1) is 10.2 Å². The maximum atomic E-state index is 13.5. The molecule has 0 saturated carbocycles. The minimum absolute atomic E-state index is 0.0215. The van der Waals surface area contributed by atoms with Crippen molar-refractivity contribution in [1.29, 1.82) is 0 Å². The topological polar surface area (TPSA) is 133 Å². The summed E-state index contributed by atoms with van der Waals surface area (Å²) in [7, 11) is 0. The quantitative estimate of drug-likeness (QED) is 0.119. The van der Waals surface area contributed by atoms with E-state index in [0.717, 1.165) is 35.1 Å². The average Bonchev–Trinajstić information content (AvgIpc) is 3.60. The third-order valence-electron chi connectivity index (χ3n) is 6.42. The first-order valence-corrected chi connectivity index (χ1v) is 12.8. The molecule has 0 atom stereocenters. The lowest BCUT2D eigenvalue weighted by Crippen LogP contribution is -2.39. The van der Waals surface area contributed by atoms with Gasteiger partial charge in [0, 0.05) is 30.7 Å². The van der Waals surface area contributed by atoms with Crippen LogP contribution in [0.4, 0.5) is 0 Å². The number of benzene rings is 2. The standard InChI is InChI=1S/C28H24ClN7O3/c1-2-3-11-24-30-27(29)25(26(38)23-10-6-7-20(17-37)36(23)39)35(24)16-18-12-14-19(15-13-18)21-8-4-5-9-22(21)28-31-33-34-32-28/h4-10,12-15,17H,2-3,11,16H2,1H3,(H,31,32,33,34). The number of nitrogens with zero attached hydrogens (tertiary/aromatic N) is 6. The zero-order valence-electron chi connectivity index (χ0n) is 21.0. The molecule has 1 N–H and O–H groups in total. The third-order valence-corrected chi connectivity index (χ3v) is 6.68. The summed E-state index contributed by atoms with van der Waals surface area (Å²) in [5.74, 6) is 0.557. The van der Waals surface area contributed by atoms with Crippen molar-refractivity contribution in [2.75, 3.05) is 0 Å². The number of aromatic nitrogens is 7. The second kappa shape index (κ2) is 11.4. The van der Waals surface area contributed by atoms with E-state index in [1.54, 1.807) is 4.57 Å². The predicted octanol–water partition coefficient (Wildman–Crippen LogP) is 4.45. The van der Waals surface area contributed by atoms with Crippen molar-refractivity contribution >= 4 is 23.7 Å². The smallest absolute Gasteiger partial charge is 0.277 e. The molecule has 2 aromatic carbocycles. The number of tetrazole rings is 1. The lowest BCUT2D eigenvalue weighted by molar-refractivity contribution is -0.609. The number of rotatable bonds is 10. The minimum atomic E-state index is -0.598. The van der Waals surface area contributed by atoms with Crippen molar-refractivity contribution in [2.24, 2.45) is 0 Å². The van der Waals surface area contributed by atoms with Crippen LogP contribution in [0.15, 0.2) is 66.7 Å². The fourth-order valence-electron chi connectivity index (χ4n) is 4.45. The Morgan fingerprint density at radius 2 is 1.85 bits per heavy atom. The SMILES string of the molecule is CCCCc1nc(Cl)c(C(=O)c2cccc(C=O)[n+]2[O-])n1Cc1ccc(-c2ccccc2-c2nn[nH]n2)cc1. The number of ketones is 1. The van der Waals surface area contributed by atoms with Crippen molar-refractivity contribution < 1.29 is 14.3 Å². The minimum Gasteiger partial charge on any atom is -0.618 e. The molecule has 0 unspecified atom stereocenters. The molecule has 39 heavy (non-hydrogen) atoms. The molecule has 11 heteroatoms. The van der Waals surface area contributed by atoms with Crippen LogP contribution in [-0.4, -0.2) is 42.2 Å². The highest BCUT2D eigenvalue weighted by atomic mass is 35.5. The summed E-state index contributed by atoms with van der Waals surface area (Å²) >= 11 is 6.48. The second-order valence-electron chi connectivity index (χ2n) is 8.91. The van der Waals surface area contributed by atoms with E-state index in [1.807, 2.05) is 48.5 Å². The maximum Gasteiger partial charge on any atom is 0.277 e. The van der Waals surface area contributed by atoms with E-state index in [1.165, 1.54) is 18.2 Å². The normalized spacial score (nSPS) is 11.0. The van der Waals surface area contributed by atoms with Gasteiger partial charge >= 0.3 is 0 Å². The van der Waals surface area contributed by atoms with Crippen LogP contribution in [0.5, 0.6) is 0 Å². The van der Waals surface area contributed by atoms with Crippen molar-refractivity contribution in [3.05, 3.63) is 106 Å². The zero-order chi connectivity index (χ0) is 27.4. The molecule has 0 aliphatic heterocycles. The first-order valence-electron chi connectivity index (χ1n) is 12.4. The number of unbranched alkanes of at least 4 members (excludes halogenated alkanes) is 1. The maximum absolute atomic E-state index is 13.5. The number of imidazole rings is 1. The molecular formula is C28H24ClN7O3. The number of pyridine rings is 1. The van der Waals surface area contributed by atoms with Crippen LogP contribution < -0.4 is 4.73 Å². The summed E-state index contributed by atoms with van der Waals surface area (Å²) in [5, 5.41) is 27.0. The molecule has 0 bridgehead atoms. The van der Waals surface area contributed by atoms with E-state index < -0.39 is 5.78 Å². The van der Waals surface area contributed by atoms with Crippen LogP contribution in [0.2, 0.25) is 5.15 Å². The lowest BCUT2D eigenvalue weighted by atomic mass is 9.98. The Bertz CT molecular complexity index is 1630. The Hall–Kier alpha value is -4.70. The molecule has 3 aromatic heterocycles. The summed E-state index contributed by atoms with van der Waals surface area (Å²) in [6, 6.07) is 19.9. The van der Waals surface area contributed by atoms with Crippen molar-refractivity contribution in [3.63, 3.8) is 0 Å². The number of carbonyl (C=O) groups excluding carboxylic acids is 2. The Morgan fingerprint density at radius 1 is 1.08 bits per heavy atom. The number of nitrogens with one attached hydrogen (secondary N) is 1. The Balaban J connectivity index is 1.51. The van der Waals surface area contributed by atoms with Gasteiger partial charge in [0.2, 0.25) is 12.1 Å². The number of hydrogen-bond acceptors (Lipinski definition) is 7. The van der Waals surface area contributed by atoms with E-state index in [-0.39, 0.29) is 22.2 Å². The van der Waals surface area contributed by atoms with E-state index in [9.17, 15) is 14.8 Å². The lowest BCUT2D eigenvalue weighted by Gasteiger charge is -2.13. The van der Waals surface area contributed by atoms with Gasteiger partial charge in [-0.05, 0) is 34.4 Å². The van der Waals surface area contributed by atoms with Crippen molar-refractivity contribution in [1.82, 2.24) is 30.2 Å². The van der Waals surface area contributed by atoms with E-state index in [0.29, 0.717) is 35.6 Å². The number of carbonyl (C=O) groups is 2. The summed E-state index contributed by atoms with van der Waals surface area (Å²) < 4.78 is 2.08. The largest absolute Gasteiger partial charge is 0.618 e. The van der Waals surface area contributed by atoms with Crippen LogP contribution in [0.25, 0.3) is 22.5 Å². The van der Waals surface area contributed by atoms with Crippen LogP contribution in [-0.2, 0) is 13.0 Å². The number of halogens is 1. The van der Waals surface area contributed by atoms with E-state index in [4.69, 9.17) is 11.6 Å². The highest BCUT2D eigenvalue weighted by molar-refractivity contribution is 6.33. The van der Waals surface area contributed by atoms with Crippen LogP contribution in [0.1, 0.15) is 57.8 Å². The molecule has 196 valence electrons. The third kappa shape index (κ3) is 5.19. The molecule has 0 saturated heterocycles.